The molecule has 0 radical (unpaired) electrons. The normalized spacial score (nSPS) is 9.86. The Hall–Kier alpha value is -1.51. The quantitative estimate of drug-likeness (QED) is 0.761. The average Bonchev–Trinajstić information content (AvgIpc) is 2.09. The van der Waals surface area contributed by atoms with Crippen LogP contribution in [-0.4, -0.2) is 12.5 Å². The van der Waals surface area contributed by atoms with E-state index < -0.39 is 0 Å². The molecule has 1 rings (SSSR count). The number of hydrogen-bond acceptors (Lipinski definition) is 2. The van der Waals surface area contributed by atoms with Gasteiger partial charge in [0, 0.05) is 18.7 Å². The van der Waals surface area contributed by atoms with Gasteiger partial charge in [0.15, 0.2) is 0 Å². The van der Waals surface area contributed by atoms with Crippen LogP contribution in [0, 0.1) is 13.8 Å². The number of nitrogens with two attached hydrogens (primary N) is 1. The summed E-state index contributed by atoms with van der Waals surface area (Å²) in [5.41, 5.74) is 8.54. The van der Waals surface area contributed by atoms with Crippen molar-refractivity contribution in [2.45, 2.75) is 20.3 Å². The first-order valence-corrected chi connectivity index (χ1v) is 4.69. The van der Waals surface area contributed by atoms with E-state index in [-0.39, 0.29) is 5.91 Å². The Morgan fingerprint density at radius 1 is 1.36 bits per heavy atom. The smallest absolute Gasteiger partial charge is 0.219 e. The van der Waals surface area contributed by atoms with Crippen molar-refractivity contribution in [2.75, 3.05) is 11.9 Å². The Labute approximate surface area is 84.3 Å². The van der Waals surface area contributed by atoms with Crippen molar-refractivity contribution in [1.29, 1.82) is 0 Å². The lowest BCUT2D eigenvalue weighted by Gasteiger charge is -2.11. The van der Waals surface area contributed by atoms with Gasteiger partial charge in [0.1, 0.15) is 0 Å². The zero-order valence-electron chi connectivity index (χ0n) is 8.63. The number of amides is 1. The van der Waals surface area contributed by atoms with Gasteiger partial charge in [-0.3, -0.25) is 4.79 Å². The second-order valence-corrected chi connectivity index (χ2v) is 3.41. The van der Waals surface area contributed by atoms with E-state index in [9.17, 15) is 4.79 Å². The lowest BCUT2D eigenvalue weighted by Crippen LogP contribution is -2.16. The van der Waals surface area contributed by atoms with Gasteiger partial charge >= 0.3 is 0 Å². The van der Waals surface area contributed by atoms with Crippen LogP contribution in [-0.2, 0) is 4.79 Å². The molecule has 0 saturated carbocycles. The van der Waals surface area contributed by atoms with Gasteiger partial charge in [-0.15, -0.1) is 0 Å². The molecular weight excluding hydrogens is 176 g/mol. The zero-order valence-corrected chi connectivity index (χ0v) is 8.63. The Bertz CT molecular complexity index is 314. The van der Waals surface area contributed by atoms with Crippen LogP contribution in [0.15, 0.2) is 18.2 Å². The maximum absolute atomic E-state index is 10.5. The van der Waals surface area contributed by atoms with Crippen molar-refractivity contribution >= 4 is 11.6 Å². The molecule has 0 aliphatic heterocycles. The highest BCUT2D eigenvalue weighted by Crippen LogP contribution is 2.18. The van der Waals surface area contributed by atoms with Gasteiger partial charge in [0.2, 0.25) is 5.91 Å². The maximum Gasteiger partial charge on any atom is 0.219 e. The van der Waals surface area contributed by atoms with Crippen LogP contribution in [0.4, 0.5) is 5.69 Å². The molecule has 76 valence electrons. The number of rotatable bonds is 4. The van der Waals surface area contributed by atoms with E-state index in [2.05, 4.69) is 5.32 Å². The largest absolute Gasteiger partial charge is 0.384 e. The van der Waals surface area contributed by atoms with Crippen molar-refractivity contribution in [2.24, 2.45) is 5.73 Å². The summed E-state index contributed by atoms with van der Waals surface area (Å²) in [4.78, 5) is 10.5. The molecule has 3 heteroatoms. The van der Waals surface area contributed by atoms with Gasteiger partial charge in [-0.2, -0.15) is 0 Å². The number of para-hydroxylation sites is 1. The second-order valence-electron chi connectivity index (χ2n) is 3.41. The second kappa shape index (κ2) is 4.65. The van der Waals surface area contributed by atoms with Crippen molar-refractivity contribution in [1.82, 2.24) is 0 Å². The van der Waals surface area contributed by atoms with E-state index in [1.54, 1.807) is 0 Å². The lowest BCUT2D eigenvalue weighted by molar-refractivity contribution is -0.117. The summed E-state index contributed by atoms with van der Waals surface area (Å²) in [5.74, 6) is -0.274. The molecule has 1 aromatic rings. The minimum atomic E-state index is -0.274. The molecule has 0 fully saturated rings. The molecule has 3 N–H and O–H groups in total. The molecule has 0 bridgehead atoms. The molecule has 3 nitrogen and oxygen atoms in total. The van der Waals surface area contributed by atoms with Gasteiger partial charge in [-0.05, 0) is 25.0 Å². The van der Waals surface area contributed by atoms with Gasteiger partial charge in [0.25, 0.3) is 0 Å². The van der Waals surface area contributed by atoms with Crippen LogP contribution in [0.25, 0.3) is 0 Å². The number of anilines is 1. The molecule has 0 saturated heterocycles. The van der Waals surface area contributed by atoms with Crippen molar-refractivity contribution in [3.63, 3.8) is 0 Å². The zero-order chi connectivity index (χ0) is 10.6. The molecule has 0 unspecified atom stereocenters. The first-order valence-electron chi connectivity index (χ1n) is 4.69. The molecular formula is C11H16N2O. The van der Waals surface area contributed by atoms with Gasteiger partial charge in [-0.25, -0.2) is 0 Å². The van der Waals surface area contributed by atoms with E-state index in [1.807, 2.05) is 32.0 Å². The van der Waals surface area contributed by atoms with Crippen molar-refractivity contribution in [3.05, 3.63) is 29.3 Å². The first-order chi connectivity index (χ1) is 6.61. The molecule has 0 aliphatic carbocycles. The number of primary amides is 1. The Morgan fingerprint density at radius 3 is 2.43 bits per heavy atom. The molecule has 0 aliphatic rings. The highest BCUT2D eigenvalue weighted by Gasteiger charge is 2.01. The summed E-state index contributed by atoms with van der Waals surface area (Å²) >= 11 is 0. The summed E-state index contributed by atoms with van der Waals surface area (Å²) in [7, 11) is 0. The third kappa shape index (κ3) is 2.76. The number of hydrogen-bond donors (Lipinski definition) is 2. The van der Waals surface area contributed by atoms with Crippen LogP contribution >= 0.6 is 0 Å². The van der Waals surface area contributed by atoms with Gasteiger partial charge in [-0.1, -0.05) is 18.2 Å². The minimum Gasteiger partial charge on any atom is -0.384 e. The number of benzene rings is 1. The SMILES string of the molecule is Cc1cccc(C)c1NCCC(N)=O. The Balaban J connectivity index is 2.62. The van der Waals surface area contributed by atoms with Crippen LogP contribution in [0.5, 0.6) is 0 Å². The standard InChI is InChI=1S/C11H16N2O/c1-8-4-3-5-9(2)11(8)13-7-6-10(12)14/h3-5,13H,6-7H2,1-2H3,(H2,12,14). The maximum atomic E-state index is 10.5. The Morgan fingerprint density at radius 2 is 1.93 bits per heavy atom. The fourth-order valence-electron chi connectivity index (χ4n) is 1.40. The number of carbonyl (C=O) groups excluding carboxylic acids is 1. The molecule has 0 spiro atoms. The van der Waals surface area contributed by atoms with Crippen LogP contribution in [0.3, 0.4) is 0 Å². The van der Waals surface area contributed by atoms with E-state index in [0.29, 0.717) is 13.0 Å². The summed E-state index contributed by atoms with van der Waals surface area (Å²) in [6.07, 6.45) is 0.369. The Kier molecular flexibility index (Phi) is 3.51. The van der Waals surface area contributed by atoms with Gasteiger partial charge in [0.05, 0.1) is 0 Å². The highest BCUT2D eigenvalue weighted by molar-refractivity contribution is 5.74. The molecule has 1 aromatic carbocycles. The fourth-order valence-corrected chi connectivity index (χ4v) is 1.40. The topological polar surface area (TPSA) is 55.1 Å². The minimum absolute atomic E-state index is 0.274. The van der Waals surface area contributed by atoms with Crippen LogP contribution < -0.4 is 11.1 Å². The fraction of sp³-hybridized carbons (Fsp3) is 0.364. The summed E-state index contributed by atoms with van der Waals surface area (Å²) in [5, 5.41) is 3.21. The molecule has 14 heavy (non-hydrogen) atoms. The van der Waals surface area contributed by atoms with Crippen molar-refractivity contribution in [3.8, 4) is 0 Å². The van der Waals surface area contributed by atoms with E-state index in [4.69, 9.17) is 5.73 Å². The van der Waals surface area contributed by atoms with Crippen LogP contribution in [0.2, 0.25) is 0 Å². The van der Waals surface area contributed by atoms with Gasteiger partial charge < -0.3 is 11.1 Å². The summed E-state index contributed by atoms with van der Waals surface area (Å²) in [6.45, 7) is 4.68. The monoisotopic (exact) mass is 192 g/mol. The number of nitrogens with one attached hydrogen (secondary N) is 1. The third-order valence-electron chi connectivity index (χ3n) is 2.15. The predicted molar refractivity (Wildman–Crippen MR) is 58.2 cm³/mol. The molecule has 0 atom stereocenters. The lowest BCUT2D eigenvalue weighted by atomic mass is 10.1. The highest BCUT2D eigenvalue weighted by atomic mass is 16.1. The number of aryl methyl sites for hydroxylation is 2. The predicted octanol–water partition coefficient (Wildman–Crippen LogP) is 1.59. The van der Waals surface area contributed by atoms with Crippen LogP contribution in [0.1, 0.15) is 17.5 Å². The van der Waals surface area contributed by atoms with E-state index in [1.165, 1.54) is 11.1 Å². The third-order valence-corrected chi connectivity index (χ3v) is 2.15. The molecule has 0 aromatic heterocycles. The van der Waals surface area contributed by atoms with E-state index >= 15 is 0 Å². The molecule has 0 heterocycles. The first kappa shape index (κ1) is 10.6. The molecule has 1 amide bonds. The summed E-state index contributed by atoms with van der Waals surface area (Å²) in [6, 6.07) is 6.10. The van der Waals surface area contributed by atoms with Crippen molar-refractivity contribution < 1.29 is 4.79 Å². The van der Waals surface area contributed by atoms with E-state index in [0.717, 1.165) is 5.69 Å². The summed E-state index contributed by atoms with van der Waals surface area (Å²) < 4.78 is 0. The average molecular weight is 192 g/mol. The number of carbonyl (C=O) groups is 1.